The summed E-state index contributed by atoms with van der Waals surface area (Å²) < 4.78 is 21.5. The average molecular weight is 281 g/mol. The van der Waals surface area contributed by atoms with Crippen LogP contribution in [0.15, 0.2) is 12.1 Å². The fourth-order valence-electron chi connectivity index (χ4n) is 2.46. The molecule has 112 valence electrons. The van der Waals surface area contributed by atoms with Crippen molar-refractivity contribution in [2.45, 2.75) is 13.0 Å². The van der Waals surface area contributed by atoms with Crippen LogP contribution in [0.25, 0.3) is 0 Å². The SMILES string of the molecule is COc1ccc(CNCC2CCOC2)c(OC)c1OC. The van der Waals surface area contributed by atoms with E-state index in [1.54, 1.807) is 21.3 Å². The first-order valence-corrected chi connectivity index (χ1v) is 6.86. The second kappa shape index (κ2) is 7.36. The van der Waals surface area contributed by atoms with Gasteiger partial charge in [-0.15, -0.1) is 0 Å². The molecule has 0 aliphatic carbocycles. The second-order valence-electron chi connectivity index (χ2n) is 4.85. The maximum Gasteiger partial charge on any atom is 0.203 e. The van der Waals surface area contributed by atoms with E-state index in [9.17, 15) is 0 Å². The Morgan fingerprint density at radius 2 is 1.95 bits per heavy atom. The van der Waals surface area contributed by atoms with Crippen molar-refractivity contribution in [1.29, 1.82) is 0 Å². The van der Waals surface area contributed by atoms with Crippen molar-refractivity contribution < 1.29 is 18.9 Å². The number of hydrogen-bond acceptors (Lipinski definition) is 5. The number of hydrogen-bond donors (Lipinski definition) is 1. The standard InChI is InChI=1S/C15H23NO4/c1-17-13-5-4-12(14(18-2)15(13)19-3)9-16-8-11-6-7-20-10-11/h4-5,11,16H,6-10H2,1-3H3. The van der Waals surface area contributed by atoms with E-state index in [1.165, 1.54) is 0 Å². The number of ether oxygens (including phenoxy) is 4. The summed E-state index contributed by atoms with van der Waals surface area (Å²) in [5, 5.41) is 3.45. The van der Waals surface area contributed by atoms with Crippen LogP contribution in [-0.2, 0) is 11.3 Å². The smallest absolute Gasteiger partial charge is 0.203 e. The molecule has 20 heavy (non-hydrogen) atoms. The van der Waals surface area contributed by atoms with E-state index in [2.05, 4.69) is 5.32 Å². The molecule has 5 heteroatoms. The summed E-state index contributed by atoms with van der Waals surface area (Å²) >= 11 is 0. The van der Waals surface area contributed by atoms with E-state index in [0.717, 1.165) is 44.0 Å². The van der Waals surface area contributed by atoms with Crippen LogP contribution in [0.4, 0.5) is 0 Å². The second-order valence-corrected chi connectivity index (χ2v) is 4.85. The first-order chi connectivity index (χ1) is 9.80. The van der Waals surface area contributed by atoms with Crippen LogP contribution in [0.2, 0.25) is 0 Å². The van der Waals surface area contributed by atoms with E-state index < -0.39 is 0 Å². The number of rotatable bonds is 7. The molecular weight excluding hydrogens is 258 g/mol. The van der Waals surface area contributed by atoms with Gasteiger partial charge in [0.1, 0.15) is 0 Å². The van der Waals surface area contributed by atoms with Crippen molar-refractivity contribution in [2.24, 2.45) is 5.92 Å². The lowest BCUT2D eigenvalue weighted by Crippen LogP contribution is -2.22. The van der Waals surface area contributed by atoms with Gasteiger partial charge in [0, 0.05) is 25.3 Å². The molecule has 1 aromatic rings. The van der Waals surface area contributed by atoms with Crippen LogP contribution >= 0.6 is 0 Å². The molecule has 0 spiro atoms. The van der Waals surface area contributed by atoms with Crippen molar-refractivity contribution in [3.8, 4) is 17.2 Å². The monoisotopic (exact) mass is 281 g/mol. The Bertz CT molecular complexity index is 430. The molecule has 2 rings (SSSR count). The van der Waals surface area contributed by atoms with E-state index in [0.29, 0.717) is 17.4 Å². The van der Waals surface area contributed by atoms with Crippen LogP contribution in [0, 0.1) is 5.92 Å². The van der Waals surface area contributed by atoms with Gasteiger partial charge in [-0.1, -0.05) is 6.07 Å². The van der Waals surface area contributed by atoms with Gasteiger partial charge < -0.3 is 24.3 Å². The van der Waals surface area contributed by atoms with Crippen molar-refractivity contribution in [2.75, 3.05) is 41.1 Å². The van der Waals surface area contributed by atoms with Gasteiger partial charge in [0.25, 0.3) is 0 Å². The maximum atomic E-state index is 5.46. The predicted molar refractivity (Wildman–Crippen MR) is 76.7 cm³/mol. The van der Waals surface area contributed by atoms with E-state index in [4.69, 9.17) is 18.9 Å². The molecule has 1 aliphatic heterocycles. The van der Waals surface area contributed by atoms with Gasteiger partial charge in [-0.25, -0.2) is 0 Å². The minimum Gasteiger partial charge on any atom is -0.493 e. The number of methoxy groups -OCH3 is 3. The lowest BCUT2D eigenvalue weighted by molar-refractivity contribution is 0.185. The third-order valence-electron chi connectivity index (χ3n) is 3.56. The normalized spacial score (nSPS) is 18.1. The lowest BCUT2D eigenvalue weighted by atomic mass is 10.1. The van der Waals surface area contributed by atoms with Crippen molar-refractivity contribution in [1.82, 2.24) is 5.32 Å². The van der Waals surface area contributed by atoms with Gasteiger partial charge in [0.15, 0.2) is 11.5 Å². The molecule has 1 atom stereocenters. The molecule has 0 amide bonds. The van der Waals surface area contributed by atoms with E-state index >= 15 is 0 Å². The highest BCUT2D eigenvalue weighted by molar-refractivity contribution is 5.55. The Kier molecular flexibility index (Phi) is 5.49. The molecule has 1 heterocycles. The Balaban J connectivity index is 2.02. The zero-order chi connectivity index (χ0) is 14.4. The van der Waals surface area contributed by atoms with Gasteiger partial charge in [0.2, 0.25) is 5.75 Å². The van der Waals surface area contributed by atoms with Crippen LogP contribution in [0.5, 0.6) is 17.2 Å². The van der Waals surface area contributed by atoms with Crippen molar-refractivity contribution in [3.63, 3.8) is 0 Å². The molecule has 1 N–H and O–H groups in total. The number of benzene rings is 1. The molecular formula is C15H23NO4. The molecule has 5 nitrogen and oxygen atoms in total. The van der Waals surface area contributed by atoms with E-state index in [-0.39, 0.29) is 0 Å². The lowest BCUT2D eigenvalue weighted by Gasteiger charge is -2.16. The molecule has 0 aromatic heterocycles. The average Bonchev–Trinajstić information content (AvgIpc) is 2.99. The minimum absolute atomic E-state index is 0.612. The Labute approximate surface area is 120 Å². The van der Waals surface area contributed by atoms with Crippen LogP contribution in [0.1, 0.15) is 12.0 Å². The molecule has 0 radical (unpaired) electrons. The maximum absolute atomic E-state index is 5.46. The van der Waals surface area contributed by atoms with Crippen LogP contribution < -0.4 is 19.5 Å². The Morgan fingerprint density at radius 1 is 1.15 bits per heavy atom. The van der Waals surface area contributed by atoms with Gasteiger partial charge >= 0.3 is 0 Å². The van der Waals surface area contributed by atoms with E-state index in [1.807, 2.05) is 12.1 Å². The molecule has 1 aromatic carbocycles. The van der Waals surface area contributed by atoms with Crippen LogP contribution in [0.3, 0.4) is 0 Å². The largest absolute Gasteiger partial charge is 0.493 e. The quantitative estimate of drug-likeness (QED) is 0.826. The summed E-state index contributed by atoms with van der Waals surface area (Å²) in [6, 6.07) is 3.90. The highest BCUT2D eigenvalue weighted by atomic mass is 16.5. The van der Waals surface area contributed by atoms with Gasteiger partial charge in [0.05, 0.1) is 27.9 Å². The predicted octanol–water partition coefficient (Wildman–Crippen LogP) is 1.84. The fraction of sp³-hybridized carbons (Fsp3) is 0.600. The summed E-state index contributed by atoms with van der Waals surface area (Å²) in [6.45, 7) is 3.43. The van der Waals surface area contributed by atoms with Crippen molar-refractivity contribution in [3.05, 3.63) is 17.7 Å². The molecule has 1 saturated heterocycles. The summed E-state index contributed by atoms with van der Waals surface area (Å²) in [5.74, 6) is 2.65. The third-order valence-corrected chi connectivity index (χ3v) is 3.56. The zero-order valence-electron chi connectivity index (χ0n) is 12.4. The minimum atomic E-state index is 0.612. The zero-order valence-corrected chi connectivity index (χ0v) is 12.4. The van der Waals surface area contributed by atoms with Gasteiger partial charge in [-0.2, -0.15) is 0 Å². The highest BCUT2D eigenvalue weighted by Gasteiger charge is 2.17. The topological polar surface area (TPSA) is 49.0 Å². The molecule has 0 bridgehead atoms. The van der Waals surface area contributed by atoms with Gasteiger partial charge in [-0.05, 0) is 18.4 Å². The van der Waals surface area contributed by atoms with Crippen LogP contribution in [-0.4, -0.2) is 41.1 Å². The molecule has 1 unspecified atom stereocenters. The number of nitrogens with one attached hydrogen (secondary N) is 1. The van der Waals surface area contributed by atoms with Gasteiger partial charge in [-0.3, -0.25) is 0 Å². The Morgan fingerprint density at radius 3 is 2.55 bits per heavy atom. The highest BCUT2D eigenvalue weighted by Crippen LogP contribution is 2.39. The van der Waals surface area contributed by atoms with Crippen molar-refractivity contribution >= 4 is 0 Å². The Hall–Kier alpha value is -1.46. The molecule has 0 saturated carbocycles. The summed E-state index contributed by atoms with van der Waals surface area (Å²) in [7, 11) is 4.88. The summed E-state index contributed by atoms with van der Waals surface area (Å²) in [6.07, 6.45) is 1.13. The third kappa shape index (κ3) is 3.35. The summed E-state index contributed by atoms with van der Waals surface area (Å²) in [5.41, 5.74) is 1.06. The first kappa shape index (κ1) is 14.9. The molecule has 1 aliphatic rings. The fourth-order valence-corrected chi connectivity index (χ4v) is 2.46. The first-order valence-electron chi connectivity index (χ1n) is 6.86. The summed E-state index contributed by atoms with van der Waals surface area (Å²) in [4.78, 5) is 0. The molecule has 1 fully saturated rings.